The van der Waals surface area contributed by atoms with Crippen molar-refractivity contribution in [1.82, 2.24) is 0 Å². The molecule has 0 aromatic heterocycles. The van der Waals surface area contributed by atoms with Crippen molar-refractivity contribution < 1.29 is 0 Å². The number of rotatable bonds is 1. The first-order valence-corrected chi connectivity index (χ1v) is 5.77. The maximum Gasteiger partial charge on any atom is 0.0404 e. The SMILES string of the molecule is CCN1CC[C@@H]2CCc3cccc1c32. The molecule has 0 unspecified atom stereocenters. The lowest BCUT2D eigenvalue weighted by atomic mass is 9.92. The number of aryl methyl sites for hydroxylation is 1. The van der Waals surface area contributed by atoms with Crippen LogP contribution in [0.4, 0.5) is 5.69 Å². The topological polar surface area (TPSA) is 3.24 Å². The van der Waals surface area contributed by atoms with Crippen molar-refractivity contribution in [3.05, 3.63) is 29.3 Å². The molecule has 2 aliphatic rings. The fraction of sp³-hybridized carbons (Fsp3) is 0.538. The van der Waals surface area contributed by atoms with Gasteiger partial charge in [0.25, 0.3) is 0 Å². The zero-order chi connectivity index (χ0) is 9.54. The molecule has 1 nitrogen and oxygen atoms in total. The van der Waals surface area contributed by atoms with Gasteiger partial charge in [-0.3, -0.25) is 0 Å². The van der Waals surface area contributed by atoms with E-state index in [1.54, 1.807) is 11.1 Å². The maximum atomic E-state index is 2.53. The molecule has 1 heterocycles. The van der Waals surface area contributed by atoms with Gasteiger partial charge >= 0.3 is 0 Å². The molecule has 0 spiro atoms. The molecule has 3 rings (SSSR count). The second-order valence-electron chi connectivity index (χ2n) is 4.45. The molecule has 0 fully saturated rings. The van der Waals surface area contributed by atoms with Crippen LogP contribution >= 0.6 is 0 Å². The van der Waals surface area contributed by atoms with Gasteiger partial charge in [0, 0.05) is 18.8 Å². The van der Waals surface area contributed by atoms with Gasteiger partial charge in [-0.2, -0.15) is 0 Å². The van der Waals surface area contributed by atoms with Crippen LogP contribution < -0.4 is 4.90 Å². The molecule has 0 N–H and O–H groups in total. The van der Waals surface area contributed by atoms with E-state index in [0.717, 1.165) is 12.5 Å². The predicted octanol–water partition coefficient (Wildman–Crippen LogP) is 2.95. The van der Waals surface area contributed by atoms with Crippen molar-refractivity contribution in [2.75, 3.05) is 18.0 Å². The van der Waals surface area contributed by atoms with Crippen LogP contribution in [0.2, 0.25) is 0 Å². The first-order valence-electron chi connectivity index (χ1n) is 5.77. The summed E-state index contributed by atoms with van der Waals surface area (Å²) in [6.07, 6.45) is 4.08. The van der Waals surface area contributed by atoms with Crippen LogP contribution in [0.3, 0.4) is 0 Å². The summed E-state index contributed by atoms with van der Waals surface area (Å²) in [6, 6.07) is 6.85. The summed E-state index contributed by atoms with van der Waals surface area (Å²) in [4.78, 5) is 2.53. The van der Waals surface area contributed by atoms with Crippen molar-refractivity contribution >= 4 is 5.69 Å². The zero-order valence-corrected chi connectivity index (χ0v) is 8.79. The van der Waals surface area contributed by atoms with E-state index in [-0.39, 0.29) is 0 Å². The minimum absolute atomic E-state index is 0.879. The molecule has 0 radical (unpaired) electrons. The molecule has 1 aliphatic carbocycles. The summed E-state index contributed by atoms with van der Waals surface area (Å²) in [5, 5.41) is 0. The molecule has 1 aromatic carbocycles. The fourth-order valence-corrected chi connectivity index (χ4v) is 3.09. The standard InChI is InChI=1S/C13H17N/c1-2-14-9-8-11-7-6-10-4-3-5-12(14)13(10)11/h3-5,11H,2,6-9H2,1H3/t11-/m0/s1. The Labute approximate surface area is 85.7 Å². The van der Waals surface area contributed by atoms with Crippen molar-refractivity contribution in [2.45, 2.75) is 32.1 Å². The minimum Gasteiger partial charge on any atom is -0.372 e. The summed E-state index contributed by atoms with van der Waals surface area (Å²) >= 11 is 0. The second-order valence-corrected chi connectivity index (χ2v) is 4.45. The molecule has 1 atom stereocenters. The van der Waals surface area contributed by atoms with E-state index in [9.17, 15) is 0 Å². The van der Waals surface area contributed by atoms with E-state index in [4.69, 9.17) is 0 Å². The molecule has 0 saturated carbocycles. The quantitative estimate of drug-likeness (QED) is 0.653. The van der Waals surface area contributed by atoms with Crippen molar-refractivity contribution in [1.29, 1.82) is 0 Å². The number of hydrogen-bond donors (Lipinski definition) is 0. The van der Waals surface area contributed by atoms with Gasteiger partial charge in [0.15, 0.2) is 0 Å². The largest absolute Gasteiger partial charge is 0.372 e. The molecule has 1 aromatic rings. The highest BCUT2D eigenvalue weighted by molar-refractivity contribution is 5.61. The average molecular weight is 187 g/mol. The van der Waals surface area contributed by atoms with Gasteiger partial charge in [0.1, 0.15) is 0 Å². The fourth-order valence-electron chi connectivity index (χ4n) is 3.09. The Balaban J connectivity index is 2.15. The smallest absolute Gasteiger partial charge is 0.0404 e. The molecular formula is C13H17N. The second kappa shape index (κ2) is 3.01. The van der Waals surface area contributed by atoms with Crippen LogP contribution in [0, 0.1) is 0 Å². The Morgan fingerprint density at radius 2 is 2.29 bits per heavy atom. The summed E-state index contributed by atoms with van der Waals surface area (Å²) < 4.78 is 0. The van der Waals surface area contributed by atoms with Crippen LogP contribution in [0.5, 0.6) is 0 Å². The van der Waals surface area contributed by atoms with E-state index in [2.05, 4.69) is 30.0 Å². The number of nitrogens with zero attached hydrogens (tertiary/aromatic N) is 1. The summed E-state index contributed by atoms with van der Waals surface area (Å²) in [7, 11) is 0. The Morgan fingerprint density at radius 3 is 3.14 bits per heavy atom. The monoisotopic (exact) mass is 187 g/mol. The summed E-state index contributed by atoms with van der Waals surface area (Å²) in [6.45, 7) is 4.68. The third-order valence-electron chi connectivity index (χ3n) is 3.81. The van der Waals surface area contributed by atoms with E-state index < -0.39 is 0 Å². The molecule has 0 amide bonds. The van der Waals surface area contributed by atoms with Gasteiger partial charge in [-0.15, -0.1) is 0 Å². The molecule has 1 heteroatoms. The average Bonchev–Trinajstić information content (AvgIpc) is 2.65. The van der Waals surface area contributed by atoms with E-state index in [1.807, 2.05) is 0 Å². The Hall–Kier alpha value is -0.980. The summed E-state index contributed by atoms with van der Waals surface area (Å²) in [5.41, 5.74) is 4.82. The van der Waals surface area contributed by atoms with Gasteiger partial charge in [-0.05, 0) is 49.3 Å². The first kappa shape index (κ1) is 8.34. The Bertz CT molecular complexity index is 356. The zero-order valence-electron chi connectivity index (χ0n) is 8.79. The molecule has 0 bridgehead atoms. The van der Waals surface area contributed by atoms with E-state index >= 15 is 0 Å². The van der Waals surface area contributed by atoms with Crippen LogP contribution in [0.25, 0.3) is 0 Å². The van der Waals surface area contributed by atoms with Gasteiger partial charge < -0.3 is 4.90 Å². The van der Waals surface area contributed by atoms with Gasteiger partial charge in [-0.25, -0.2) is 0 Å². The van der Waals surface area contributed by atoms with E-state index in [1.165, 1.54) is 31.5 Å². The molecule has 14 heavy (non-hydrogen) atoms. The lowest BCUT2D eigenvalue weighted by Gasteiger charge is -2.33. The third kappa shape index (κ3) is 1.01. The highest BCUT2D eigenvalue weighted by atomic mass is 15.1. The lowest BCUT2D eigenvalue weighted by molar-refractivity contribution is 0.580. The van der Waals surface area contributed by atoms with Crippen LogP contribution in [-0.4, -0.2) is 13.1 Å². The summed E-state index contributed by atoms with van der Waals surface area (Å²) in [5.74, 6) is 0.879. The minimum atomic E-state index is 0.879. The Morgan fingerprint density at radius 1 is 1.36 bits per heavy atom. The number of benzene rings is 1. The van der Waals surface area contributed by atoms with Crippen LogP contribution in [0.1, 0.15) is 36.8 Å². The van der Waals surface area contributed by atoms with Crippen molar-refractivity contribution in [3.63, 3.8) is 0 Å². The Kier molecular flexibility index (Phi) is 1.79. The normalized spacial score (nSPS) is 23.8. The molecule has 1 aliphatic heterocycles. The van der Waals surface area contributed by atoms with Crippen molar-refractivity contribution in [2.24, 2.45) is 0 Å². The van der Waals surface area contributed by atoms with Gasteiger partial charge in [-0.1, -0.05) is 12.1 Å². The first-order chi connectivity index (χ1) is 6.90. The maximum absolute atomic E-state index is 2.53. The highest BCUT2D eigenvalue weighted by Gasteiger charge is 2.30. The number of hydrogen-bond acceptors (Lipinski definition) is 1. The van der Waals surface area contributed by atoms with Gasteiger partial charge in [0.2, 0.25) is 0 Å². The van der Waals surface area contributed by atoms with Crippen LogP contribution in [0.15, 0.2) is 18.2 Å². The van der Waals surface area contributed by atoms with Gasteiger partial charge in [0.05, 0.1) is 0 Å². The highest BCUT2D eigenvalue weighted by Crippen LogP contribution is 2.44. The third-order valence-corrected chi connectivity index (χ3v) is 3.81. The molecule has 0 saturated heterocycles. The molecular weight excluding hydrogens is 170 g/mol. The van der Waals surface area contributed by atoms with E-state index in [0.29, 0.717) is 0 Å². The van der Waals surface area contributed by atoms with Crippen LogP contribution in [-0.2, 0) is 6.42 Å². The lowest BCUT2D eigenvalue weighted by Crippen LogP contribution is -2.30. The predicted molar refractivity (Wildman–Crippen MR) is 60.0 cm³/mol. The molecule has 74 valence electrons. The van der Waals surface area contributed by atoms with Crippen molar-refractivity contribution in [3.8, 4) is 0 Å². The number of anilines is 1.